The molecule has 106 valence electrons. The van der Waals surface area contributed by atoms with Crippen molar-refractivity contribution in [3.63, 3.8) is 0 Å². The van der Waals surface area contributed by atoms with E-state index in [1.165, 1.54) is 6.07 Å². The molecular formula is C13H19NO4S. The van der Waals surface area contributed by atoms with Gasteiger partial charge in [-0.2, -0.15) is 0 Å². The molecule has 1 atom stereocenters. The first-order valence-electron chi connectivity index (χ1n) is 6.16. The zero-order valence-corrected chi connectivity index (χ0v) is 12.1. The molecule has 0 heterocycles. The van der Waals surface area contributed by atoms with Crippen LogP contribution in [0.1, 0.15) is 27.2 Å². The van der Waals surface area contributed by atoms with E-state index < -0.39 is 4.92 Å². The van der Waals surface area contributed by atoms with Crippen LogP contribution in [0.4, 0.5) is 5.69 Å². The maximum absolute atomic E-state index is 10.9. The molecule has 1 N–H and O–H groups in total. The summed E-state index contributed by atoms with van der Waals surface area (Å²) in [6, 6.07) is 4.87. The van der Waals surface area contributed by atoms with E-state index in [0.29, 0.717) is 12.2 Å². The zero-order chi connectivity index (χ0) is 14.4. The Morgan fingerprint density at radius 2 is 2.11 bits per heavy atom. The number of rotatable bonds is 7. The van der Waals surface area contributed by atoms with Gasteiger partial charge < -0.3 is 9.84 Å². The van der Waals surface area contributed by atoms with E-state index in [0.717, 1.165) is 4.90 Å². The minimum atomic E-state index is -0.441. The molecule has 0 bridgehead atoms. The highest BCUT2D eigenvalue weighted by molar-refractivity contribution is 7.99. The van der Waals surface area contributed by atoms with E-state index in [4.69, 9.17) is 9.84 Å². The summed E-state index contributed by atoms with van der Waals surface area (Å²) in [6.45, 7) is 5.80. The standard InChI is InChI=1S/C13H19NO4S/c1-9(2)18-13-8-11(19-10(3)6-7-15)4-5-12(13)14(16)17/h4-5,8-10,15H,6-7H2,1-3H3. The van der Waals surface area contributed by atoms with Crippen LogP contribution in [0.2, 0.25) is 0 Å². The molecule has 0 saturated carbocycles. The van der Waals surface area contributed by atoms with Gasteiger partial charge in [-0.05, 0) is 26.3 Å². The summed E-state index contributed by atoms with van der Waals surface area (Å²) in [5, 5.41) is 20.1. The number of aliphatic hydroxyl groups excluding tert-OH is 1. The number of hydrogen-bond donors (Lipinski definition) is 1. The average Bonchev–Trinajstić information content (AvgIpc) is 2.28. The molecule has 1 rings (SSSR count). The monoisotopic (exact) mass is 285 g/mol. The molecule has 0 amide bonds. The first-order valence-corrected chi connectivity index (χ1v) is 7.04. The second kappa shape index (κ2) is 7.35. The van der Waals surface area contributed by atoms with Gasteiger partial charge in [0, 0.05) is 28.9 Å². The molecule has 0 saturated heterocycles. The zero-order valence-electron chi connectivity index (χ0n) is 11.3. The van der Waals surface area contributed by atoms with Gasteiger partial charge in [0.05, 0.1) is 11.0 Å². The molecule has 6 heteroatoms. The van der Waals surface area contributed by atoms with Crippen molar-refractivity contribution in [1.29, 1.82) is 0 Å². The third-order valence-corrected chi connectivity index (χ3v) is 3.53. The van der Waals surface area contributed by atoms with Gasteiger partial charge in [-0.15, -0.1) is 11.8 Å². The van der Waals surface area contributed by atoms with E-state index in [1.807, 2.05) is 20.8 Å². The highest BCUT2D eigenvalue weighted by atomic mass is 32.2. The van der Waals surface area contributed by atoms with E-state index in [2.05, 4.69) is 0 Å². The Morgan fingerprint density at radius 3 is 2.63 bits per heavy atom. The fourth-order valence-electron chi connectivity index (χ4n) is 1.54. The second-order valence-electron chi connectivity index (χ2n) is 4.49. The quantitative estimate of drug-likeness (QED) is 0.473. The van der Waals surface area contributed by atoms with Crippen LogP contribution in [0, 0.1) is 10.1 Å². The lowest BCUT2D eigenvalue weighted by molar-refractivity contribution is -0.386. The SMILES string of the molecule is CC(C)Oc1cc(SC(C)CCO)ccc1[N+](=O)[O-]. The number of benzene rings is 1. The summed E-state index contributed by atoms with van der Waals surface area (Å²) in [6.07, 6.45) is 0.566. The molecule has 0 aliphatic carbocycles. The van der Waals surface area contributed by atoms with Crippen molar-refractivity contribution in [2.75, 3.05) is 6.61 Å². The van der Waals surface area contributed by atoms with Gasteiger partial charge in [-0.3, -0.25) is 10.1 Å². The molecule has 0 aliphatic rings. The third-order valence-electron chi connectivity index (χ3n) is 2.36. The highest BCUT2D eigenvalue weighted by Gasteiger charge is 2.17. The molecule has 0 aromatic heterocycles. The van der Waals surface area contributed by atoms with Gasteiger partial charge in [0.15, 0.2) is 5.75 Å². The Morgan fingerprint density at radius 1 is 1.42 bits per heavy atom. The van der Waals surface area contributed by atoms with Gasteiger partial charge in [0.25, 0.3) is 0 Å². The number of aliphatic hydroxyl groups is 1. The third kappa shape index (κ3) is 5.08. The first-order chi connectivity index (χ1) is 8.93. The van der Waals surface area contributed by atoms with Crippen LogP contribution in [-0.4, -0.2) is 28.0 Å². The van der Waals surface area contributed by atoms with Crippen LogP contribution in [0.25, 0.3) is 0 Å². The van der Waals surface area contributed by atoms with E-state index in [1.54, 1.807) is 23.9 Å². The summed E-state index contributed by atoms with van der Waals surface area (Å²) in [5.74, 6) is 0.293. The van der Waals surface area contributed by atoms with Crippen LogP contribution in [0.3, 0.4) is 0 Å². The molecule has 1 aromatic carbocycles. The van der Waals surface area contributed by atoms with Crippen molar-refractivity contribution in [3.05, 3.63) is 28.3 Å². The van der Waals surface area contributed by atoms with Crippen molar-refractivity contribution in [1.82, 2.24) is 0 Å². The number of nitro benzene ring substituents is 1. The molecule has 19 heavy (non-hydrogen) atoms. The predicted octanol–water partition coefficient (Wildman–Crippen LogP) is 3.25. The molecule has 5 nitrogen and oxygen atoms in total. The van der Waals surface area contributed by atoms with Crippen molar-refractivity contribution in [2.45, 2.75) is 43.4 Å². The molecule has 1 unspecified atom stereocenters. The highest BCUT2D eigenvalue weighted by Crippen LogP contribution is 2.34. The fourth-order valence-corrected chi connectivity index (χ4v) is 2.55. The van der Waals surface area contributed by atoms with Crippen molar-refractivity contribution >= 4 is 17.4 Å². The fraction of sp³-hybridized carbons (Fsp3) is 0.538. The Hall–Kier alpha value is -1.27. The lowest BCUT2D eigenvalue weighted by Crippen LogP contribution is -2.07. The van der Waals surface area contributed by atoms with Gasteiger partial charge in [-0.25, -0.2) is 0 Å². The molecule has 0 radical (unpaired) electrons. The number of nitrogens with zero attached hydrogens (tertiary/aromatic N) is 1. The molecule has 0 spiro atoms. The Labute approximate surface area is 117 Å². The van der Waals surface area contributed by atoms with Gasteiger partial charge in [0.1, 0.15) is 0 Å². The topological polar surface area (TPSA) is 72.6 Å². The Balaban J connectivity index is 2.94. The minimum Gasteiger partial charge on any atom is -0.484 e. The van der Waals surface area contributed by atoms with Crippen molar-refractivity contribution < 1.29 is 14.8 Å². The number of nitro groups is 1. The summed E-state index contributed by atoms with van der Waals surface area (Å²) in [7, 11) is 0. The Kier molecular flexibility index (Phi) is 6.11. The number of ether oxygens (including phenoxy) is 1. The van der Waals surface area contributed by atoms with Crippen LogP contribution in [0.15, 0.2) is 23.1 Å². The Bertz CT molecular complexity index is 437. The second-order valence-corrected chi connectivity index (χ2v) is 6.01. The van der Waals surface area contributed by atoms with E-state index in [9.17, 15) is 10.1 Å². The van der Waals surface area contributed by atoms with Crippen LogP contribution in [0.5, 0.6) is 5.75 Å². The molecule has 1 aromatic rings. The molecule has 0 fully saturated rings. The lowest BCUT2D eigenvalue weighted by atomic mass is 10.3. The maximum Gasteiger partial charge on any atom is 0.311 e. The van der Waals surface area contributed by atoms with Crippen LogP contribution >= 0.6 is 11.8 Å². The lowest BCUT2D eigenvalue weighted by Gasteiger charge is -2.13. The predicted molar refractivity (Wildman–Crippen MR) is 75.9 cm³/mol. The van der Waals surface area contributed by atoms with Gasteiger partial charge >= 0.3 is 5.69 Å². The summed E-state index contributed by atoms with van der Waals surface area (Å²) < 4.78 is 5.48. The van der Waals surface area contributed by atoms with Gasteiger partial charge in [-0.1, -0.05) is 6.92 Å². The smallest absolute Gasteiger partial charge is 0.311 e. The largest absolute Gasteiger partial charge is 0.484 e. The minimum absolute atomic E-state index is 0.0205. The average molecular weight is 285 g/mol. The number of hydrogen-bond acceptors (Lipinski definition) is 5. The summed E-state index contributed by atoms with van der Waals surface area (Å²) in [4.78, 5) is 11.4. The summed E-state index contributed by atoms with van der Waals surface area (Å²) >= 11 is 1.57. The first kappa shape index (κ1) is 15.8. The maximum atomic E-state index is 10.9. The van der Waals surface area contributed by atoms with E-state index >= 15 is 0 Å². The van der Waals surface area contributed by atoms with Crippen LogP contribution < -0.4 is 4.74 Å². The van der Waals surface area contributed by atoms with Crippen LogP contribution in [-0.2, 0) is 0 Å². The normalized spacial score (nSPS) is 12.5. The van der Waals surface area contributed by atoms with E-state index in [-0.39, 0.29) is 23.6 Å². The number of thioether (sulfide) groups is 1. The van der Waals surface area contributed by atoms with Crippen molar-refractivity contribution in [2.24, 2.45) is 0 Å². The molecular weight excluding hydrogens is 266 g/mol. The molecule has 0 aliphatic heterocycles. The van der Waals surface area contributed by atoms with Gasteiger partial charge in [0.2, 0.25) is 0 Å². The summed E-state index contributed by atoms with van der Waals surface area (Å²) in [5.41, 5.74) is -0.0205. The van der Waals surface area contributed by atoms with Crippen molar-refractivity contribution in [3.8, 4) is 5.75 Å².